The van der Waals surface area contributed by atoms with Crippen LogP contribution in [0.5, 0.6) is 0 Å². The minimum absolute atomic E-state index is 0.0762. The molecule has 0 saturated carbocycles. The lowest BCUT2D eigenvalue weighted by molar-refractivity contribution is 0.0952. The van der Waals surface area contributed by atoms with Crippen LogP contribution in [0.4, 0.5) is 0 Å². The zero-order valence-electron chi connectivity index (χ0n) is 14.4. The summed E-state index contributed by atoms with van der Waals surface area (Å²) in [4.78, 5) is 18.7. The molecule has 4 rings (SSSR count). The fraction of sp³-hybridized carbons (Fsp3) is 0.0909. The van der Waals surface area contributed by atoms with Crippen LogP contribution in [0.25, 0.3) is 21.3 Å². The number of rotatable bonds is 4. The summed E-state index contributed by atoms with van der Waals surface area (Å²) in [6.07, 6.45) is 0. The Hall–Kier alpha value is -2.98. The summed E-state index contributed by atoms with van der Waals surface area (Å²) in [6, 6.07) is 21.9. The van der Waals surface area contributed by atoms with E-state index in [0.29, 0.717) is 12.1 Å². The Balaban J connectivity index is 1.73. The predicted octanol–water partition coefficient (Wildman–Crippen LogP) is 5.20. The molecule has 0 fully saturated rings. The number of pyridine rings is 1. The van der Waals surface area contributed by atoms with Crippen LogP contribution in [0.3, 0.4) is 0 Å². The van der Waals surface area contributed by atoms with E-state index < -0.39 is 0 Å². The lowest BCUT2D eigenvalue weighted by Crippen LogP contribution is -2.23. The van der Waals surface area contributed by atoms with Gasteiger partial charge in [-0.15, -0.1) is 11.3 Å². The molecule has 1 amide bonds. The Morgan fingerprint density at radius 2 is 1.88 bits per heavy atom. The zero-order chi connectivity index (χ0) is 17.9. The van der Waals surface area contributed by atoms with Gasteiger partial charge in [0.25, 0.3) is 5.91 Å². The molecule has 0 atom stereocenters. The van der Waals surface area contributed by atoms with E-state index in [1.54, 1.807) is 11.3 Å². The van der Waals surface area contributed by atoms with Crippen molar-refractivity contribution < 1.29 is 4.79 Å². The van der Waals surface area contributed by atoms with Gasteiger partial charge in [0.05, 0.1) is 11.1 Å². The van der Waals surface area contributed by atoms with Gasteiger partial charge in [0.2, 0.25) is 0 Å². The van der Waals surface area contributed by atoms with E-state index in [4.69, 9.17) is 4.98 Å². The van der Waals surface area contributed by atoms with E-state index in [1.807, 2.05) is 61.5 Å². The van der Waals surface area contributed by atoms with E-state index in [-0.39, 0.29) is 5.91 Å². The number of aryl methyl sites for hydroxylation is 1. The first-order valence-electron chi connectivity index (χ1n) is 8.49. The second kappa shape index (κ2) is 7.10. The number of aromatic nitrogens is 1. The van der Waals surface area contributed by atoms with Gasteiger partial charge in [0.1, 0.15) is 0 Å². The number of nitrogens with one attached hydrogen (secondary N) is 1. The molecule has 0 saturated heterocycles. The van der Waals surface area contributed by atoms with Crippen LogP contribution in [0.1, 0.15) is 21.6 Å². The van der Waals surface area contributed by atoms with Crippen molar-refractivity contribution in [1.82, 2.24) is 10.3 Å². The maximum Gasteiger partial charge on any atom is 0.252 e. The number of fused-ring (bicyclic) bond motifs is 1. The highest BCUT2D eigenvalue weighted by atomic mass is 32.1. The Labute approximate surface area is 156 Å². The molecule has 2 aromatic carbocycles. The molecule has 0 unspecified atom stereocenters. The normalized spacial score (nSPS) is 10.8. The molecule has 26 heavy (non-hydrogen) atoms. The van der Waals surface area contributed by atoms with Gasteiger partial charge in [-0.3, -0.25) is 9.78 Å². The highest BCUT2D eigenvalue weighted by molar-refractivity contribution is 7.13. The summed E-state index contributed by atoms with van der Waals surface area (Å²) >= 11 is 1.68. The zero-order valence-corrected chi connectivity index (χ0v) is 15.2. The molecule has 0 aliphatic heterocycles. The average Bonchev–Trinajstić information content (AvgIpc) is 3.20. The summed E-state index contributed by atoms with van der Waals surface area (Å²) in [6.45, 7) is 2.44. The van der Waals surface area contributed by atoms with E-state index in [1.165, 1.54) is 0 Å². The lowest BCUT2D eigenvalue weighted by atomic mass is 10.0. The molecule has 4 heteroatoms. The number of carbonyl (C=O) groups excluding carboxylic acids is 1. The molecule has 0 aliphatic carbocycles. The average molecular weight is 358 g/mol. The maximum absolute atomic E-state index is 12.8. The van der Waals surface area contributed by atoms with Crippen LogP contribution in [0.2, 0.25) is 0 Å². The SMILES string of the molecule is Cc1cc(C(=O)NCc2ccccc2)c2cccc(-c3cccs3)c2n1. The van der Waals surface area contributed by atoms with Crippen LogP contribution in [-0.2, 0) is 6.54 Å². The lowest BCUT2D eigenvalue weighted by Gasteiger charge is -2.11. The van der Waals surface area contributed by atoms with Crippen LogP contribution in [-0.4, -0.2) is 10.9 Å². The van der Waals surface area contributed by atoms with Crippen molar-refractivity contribution in [2.24, 2.45) is 0 Å². The van der Waals surface area contributed by atoms with Crippen molar-refractivity contribution in [1.29, 1.82) is 0 Å². The van der Waals surface area contributed by atoms with E-state index in [2.05, 4.69) is 22.8 Å². The number of para-hydroxylation sites is 1. The Morgan fingerprint density at radius 1 is 1.04 bits per heavy atom. The van der Waals surface area contributed by atoms with Gasteiger partial charge >= 0.3 is 0 Å². The number of thiophene rings is 1. The second-order valence-corrected chi connectivity index (χ2v) is 7.11. The molecule has 0 bridgehead atoms. The number of amides is 1. The molecule has 1 N–H and O–H groups in total. The molecule has 0 radical (unpaired) electrons. The molecule has 0 aliphatic rings. The number of benzene rings is 2. The standard InChI is InChI=1S/C22H18N2OS/c1-15-13-19(22(25)23-14-16-7-3-2-4-8-16)17-9-5-10-18(21(17)24-15)20-11-6-12-26-20/h2-13H,14H2,1H3,(H,23,25). The van der Waals surface area contributed by atoms with E-state index >= 15 is 0 Å². The fourth-order valence-electron chi connectivity index (χ4n) is 3.07. The first-order valence-corrected chi connectivity index (χ1v) is 9.37. The topological polar surface area (TPSA) is 42.0 Å². The van der Waals surface area contributed by atoms with E-state index in [9.17, 15) is 4.79 Å². The monoisotopic (exact) mass is 358 g/mol. The van der Waals surface area contributed by atoms with Gasteiger partial charge in [-0.25, -0.2) is 0 Å². The third kappa shape index (κ3) is 3.24. The fourth-order valence-corrected chi connectivity index (χ4v) is 3.82. The number of carbonyl (C=O) groups is 1. The van der Waals surface area contributed by atoms with Gasteiger partial charge in [-0.1, -0.05) is 54.6 Å². The summed E-state index contributed by atoms with van der Waals surface area (Å²) < 4.78 is 0. The molecule has 2 aromatic heterocycles. The van der Waals surface area contributed by atoms with Gasteiger partial charge in [0, 0.05) is 28.1 Å². The molecule has 4 aromatic rings. The first-order chi connectivity index (χ1) is 12.7. The van der Waals surface area contributed by atoms with E-state index in [0.717, 1.165) is 32.6 Å². The third-order valence-electron chi connectivity index (χ3n) is 4.29. The molecule has 2 heterocycles. The van der Waals surface area contributed by atoms with Crippen LogP contribution in [0, 0.1) is 6.92 Å². The second-order valence-electron chi connectivity index (χ2n) is 6.16. The smallest absolute Gasteiger partial charge is 0.252 e. The van der Waals surface area contributed by atoms with Crippen molar-refractivity contribution in [2.45, 2.75) is 13.5 Å². The van der Waals surface area contributed by atoms with Crippen LogP contribution >= 0.6 is 11.3 Å². The van der Waals surface area contributed by atoms with Gasteiger partial charge in [-0.05, 0) is 30.0 Å². The Morgan fingerprint density at radius 3 is 2.65 bits per heavy atom. The highest BCUT2D eigenvalue weighted by Gasteiger charge is 2.15. The van der Waals surface area contributed by atoms with Crippen molar-refractivity contribution in [2.75, 3.05) is 0 Å². The predicted molar refractivity (Wildman–Crippen MR) is 107 cm³/mol. The van der Waals surface area contributed by atoms with Crippen molar-refractivity contribution in [3.63, 3.8) is 0 Å². The molecule has 128 valence electrons. The summed E-state index contributed by atoms with van der Waals surface area (Å²) in [7, 11) is 0. The van der Waals surface area contributed by atoms with Crippen molar-refractivity contribution >= 4 is 28.1 Å². The number of nitrogens with zero attached hydrogens (tertiary/aromatic N) is 1. The number of hydrogen-bond donors (Lipinski definition) is 1. The third-order valence-corrected chi connectivity index (χ3v) is 5.20. The quantitative estimate of drug-likeness (QED) is 0.545. The van der Waals surface area contributed by atoms with Gasteiger partial charge in [-0.2, -0.15) is 0 Å². The number of hydrogen-bond acceptors (Lipinski definition) is 3. The summed E-state index contributed by atoms with van der Waals surface area (Å²) in [5.41, 5.74) is 4.53. The maximum atomic E-state index is 12.8. The molecule has 0 spiro atoms. The molecule has 3 nitrogen and oxygen atoms in total. The first kappa shape index (κ1) is 16.5. The minimum Gasteiger partial charge on any atom is -0.348 e. The Kier molecular flexibility index (Phi) is 4.50. The summed E-state index contributed by atoms with van der Waals surface area (Å²) in [5, 5.41) is 5.96. The Bertz CT molecular complexity index is 1060. The highest BCUT2D eigenvalue weighted by Crippen LogP contribution is 2.32. The minimum atomic E-state index is -0.0762. The largest absolute Gasteiger partial charge is 0.348 e. The van der Waals surface area contributed by atoms with Gasteiger partial charge in [0.15, 0.2) is 0 Å². The van der Waals surface area contributed by atoms with Gasteiger partial charge < -0.3 is 5.32 Å². The van der Waals surface area contributed by atoms with Crippen molar-refractivity contribution in [3.05, 3.63) is 88.9 Å². The molecular weight excluding hydrogens is 340 g/mol. The molecular formula is C22H18N2OS. The summed E-state index contributed by atoms with van der Waals surface area (Å²) in [5.74, 6) is -0.0762. The van der Waals surface area contributed by atoms with Crippen molar-refractivity contribution in [3.8, 4) is 10.4 Å². The van der Waals surface area contributed by atoms with Crippen LogP contribution < -0.4 is 5.32 Å². The van der Waals surface area contributed by atoms with Crippen LogP contribution in [0.15, 0.2) is 72.1 Å².